The highest BCUT2D eigenvalue weighted by atomic mass is 16.2. The summed E-state index contributed by atoms with van der Waals surface area (Å²) >= 11 is 0. The van der Waals surface area contributed by atoms with E-state index in [1.54, 1.807) is 21.0 Å². The molecule has 0 aliphatic heterocycles. The van der Waals surface area contributed by atoms with E-state index in [0.29, 0.717) is 13.1 Å². The molecule has 14 heavy (non-hydrogen) atoms. The highest BCUT2D eigenvalue weighted by Crippen LogP contribution is 1.76. The Balaban J connectivity index is 3.48. The lowest BCUT2D eigenvalue weighted by atomic mass is 10.3. The Morgan fingerprint density at radius 1 is 1.29 bits per heavy atom. The summed E-state index contributed by atoms with van der Waals surface area (Å²) in [7, 11) is 3.30. The van der Waals surface area contributed by atoms with E-state index < -0.39 is 6.04 Å². The largest absolute Gasteiger partial charge is 0.353 e. The number of urea groups is 1. The third kappa shape index (κ3) is 5.36. The molecule has 0 spiro atoms. The molecule has 0 bridgehead atoms. The van der Waals surface area contributed by atoms with Crippen LogP contribution in [0.25, 0.3) is 0 Å². The predicted molar refractivity (Wildman–Crippen MR) is 53.7 cm³/mol. The molecule has 0 unspecified atom stereocenters. The van der Waals surface area contributed by atoms with Crippen molar-refractivity contribution in [3.8, 4) is 0 Å². The highest BCUT2D eigenvalue weighted by molar-refractivity contribution is 5.81. The number of hydrogen-bond acceptors (Lipinski definition) is 3. The summed E-state index contributed by atoms with van der Waals surface area (Å²) in [5.41, 5.74) is 5.32. The Labute approximate surface area is 83.8 Å². The maximum absolute atomic E-state index is 11.0. The van der Waals surface area contributed by atoms with Crippen molar-refractivity contribution in [3.05, 3.63) is 0 Å². The first-order chi connectivity index (χ1) is 6.45. The van der Waals surface area contributed by atoms with E-state index in [0.717, 1.165) is 0 Å². The van der Waals surface area contributed by atoms with Gasteiger partial charge >= 0.3 is 6.03 Å². The van der Waals surface area contributed by atoms with Crippen LogP contribution in [0.1, 0.15) is 6.92 Å². The number of carbonyl (C=O) groups excluding carboxylic acids is 2. The van der Waals surface area contributed by atoms with Crippen molar-refractivity contribution in [1.82, 2.24) is 15.5 Å². The standard InChI is InChI=1S/C8H18N4O2/c1-6(9)7(13)10-4-5-11-8(14)12(2)3/h6H,4-5,9H2,1-3H3,(H,10,13)(H,11,14)/t6-/m0/s1. The summed E-state index contributed by atoms with van der Waals surface area (Å²) in [6.07, 6.45) is 0. The Morgan fingerprint density at radius 2 is 1.79 bits per heavy atom. The second-order valence-corrected chi connectivity index (χ2v) is 3.21. The van der Waals surface area contributed by atoms with Gasteiger partial charge in [-0.05, 0) is 6.92 Å². The summed E-state index contributed by atoms with van der Waals surface area (Å²) in [4.78, 5) is 23.4. The summed E-state index contributed by atoms with van der Waals surface area (Å²) in [5.74, 6) is -0.218. The topological polar surface area (TPSA) is 87.5 Å². The van der Waals surface area contributed by atoms with Gasteiger partial charge in [-0.2, -0.15) is 0 Å². The first kappa shape index (κ1) is 12.7. The molecule has 0 heterocycles. The molecule has 3 amide bonds. The van der Waals surface area contributed by atoms with Crippen LogP contribution in [0.3, 0.4) is 0 Å². The Hall–Kier alpha value is -1.30. The molecule has 0 saturated heterocycles. The number of nitrogens with one attached hydrogen (secondary N) is 2. The number of amides is 3. The third-order valence-electron chi connectivity index (χ3n) is 1.52. The molecule has 0 aromatic carbocycles. The maximum atomic E-state index is 11.0. The fourth-order valence-electron chi connectivity index (χ4n) is 0.674. The lowest BCUT2D eigenvalue weighted by Gasteiger charge is -2.12. The molecule has 0 saturated carbocycles. The number of carbonyl (C=O) groups is 2. The molecule has 4 N–H and O–H groups in total. The van der Waals surface area contributed by atoms with E-state index in [-0.39, 0.29) is 11.9 Å². The van der Waals surface area contributed by atoms with Crippen molar-refractivity contribution in [2.45, 2.75) is 13.0 Å². The van der Waals surface area contributed by atoms with Gasteiger partial charge in [-0.15, -0.1) is 0 Å². The minimum Gasteiger partial charge on any atom is -0.353 e. The molecule has 0 radical (unpaired) electrons. The molecule has 0 fully saturated rings. The summed E-state index contributed by atoms with van der Waals surface area (Å²) in [6.45, 7) is 2.39. The zero-order chi connectivity index (χ0) is 11.1. The predicted octanol–water partition coefficient (Wildman–Crippen LogP) is -1.28. The molecule has 1 atom stereocenters. The lowest BCUT2D eigenvalue weighted by Crippen LogP contribution is -2.43. The second kappa shape index (κ2) is 6.20. The van der Waals surface area contributed by atoms with E-state index in [9.17, 15) is 9.59 Å². The molecule has 0 rings (SSSR count). The van der Waals surface area contributed by atoms with Crippen molar-refractivity contribution >= 4 is 11.9 Å². The monoisotopic (exact) mass is 202 g/mol. The van der Waals surface area contributed by atoms with Gasteiger partial charge in [0.15, 0.2) is 0 Å². The highest BCUT2D eigenvalue weighted by Gasteiger charge is 2.06. The fraction of sp³-hybridized carbons (Fsp3) is 0.750. The Bertz CT molecular complexity index is 182. The first-order valence-corrected chi connectivity index (χ1v) is 4.43. The Morgan fingerprint density at radius 3 is 2.21 bits per heavy atom. The molecular formula is C8H18N4O2. The van der Waals surface area contributed by atoms with Crippen molar-refractivity contribution in [1.29, 1.82) is 0 Å². The zero-order valence-corrected chi connectivity index (χ0v) is 8.83. The van der Waals surface area contributed by atoms with Crippen LogP contribution >= 0.6 is 0 Å². The van der Waals surface area contributed by atoms with Crippen molar-refractivity contribution in [3.63, 3.8) is 0 Å². The smallest absolute Gasteiger partial charge is 0.316 e. The van der Waals surface area contributed by atoms with Crippen LogP contribution in [0.5, 0.6) is 0 Å². The SMILES string of the molecule is C[C@H](N)C(=O)NCCNC(=O)N(C)C. The Kier molecular flexibility index (Phi) is 5.62. The van der Waals surface area contributed by atoms with Crippen molar-refractivity contribution in [2.75, 3.05) is 27.2 Å². The number of nitrogens with zero attached hydrogens (tertiary/aromatic N) is 1. The van der Waals surface area contributed by atoms with Crippen LogP contribution < -0.4 is 16.4 Å². The van der Waals surface area contributed by atoms with Crippen LogP contribution in [-0.2, 0) is 4.79 Å². The average Bonchev–Trinajstić information content (AvgIpc) is 2.11. The quantitative estimate of drug-likeness (QED) is 0.496. The minimum atomic E-state index is -0.514. The zero-order valence-electron chi connectivity index (χ0n) is 8.83. The van der Waals surface area contributed by atoms with Crippen LogP contribution in [0.15, 0.2) is 0 Å². The van der Waals surface area contributed by atoms with Gasteiger partial charge in [-0.1, -0.05) is 0 Å². The molecular weight excluding hydrogens is 184 g/mol. The van der Waals surface area contributed by atoms with Gasteiger partial charge in [0.2, 0.25) is 5.91 Å². The maximum Gasteiger partial charge on any atom is 0.316 e. The molecule has 0 aliphatic rings. The summed E-state index contributed by atoms with van der Waals surface area (Å²) in [6, 6.07) is -0.695. The van der Waals surface area contributed by atoms with Crippen LogP contribution in [-0.4, -0.2) is 50.1 Å². The van der Waals surface area contributed by atoms with E-state index in [4.69, 9.17) is 5.73 Å². The molecule has 82 valence electrons. The number of rotatable bonds is 4. The van der Waals surface area contributed by atoms with E-state index in [1.807, 2.05) is 0 Å². The van der Waals surface area contributed by atoms with Crippen LogP contribution in [0.4, 0.5) is 4.79 Å². The van der Waals surface area contributed by atoms with Crippen LogP contribution in [0, 0.1) is 0 Å². The first-order valence-electron chi connectivity index (χ1n) is 4.43. The van der Waals surface area contributed by atoms with Gasteiger partial charge in [0.1, 0.15) is 0 Å². The van der Waals surface area contributed by atoms with Crippen LogP contribution in [0.2, 0.25) is 0 Å². The van der Waals surface area contributed by atoms with Gasteiger partial charge in [0, 0.05) is 27.2 Å². The molecule has 0 aliphatic carbocycles. The van der Waals surface area contributed by atoms with Gasteiger partial charge in [-0.25, -0.2) is 4.79 Å². The van der Waals surface area contributed by atoms with Gasteiger partial charge in [0.25, 0.3) is 0 Å². The summed E-state index contributed by atoms with van der Waals surface area (Å²) < 4.78 is 0. The number of hydrogen-bond donors (Lipinski definition) is 3. The molecule has 0 aromatic heterocycles. The van der Waals surface area contributed by atoms with E-state index in [1.165, 1.54) is 4.90 Å². The van der Waals surface area contributed by atoms with Gasteiger partial charge < -0.3 is 21.3 Å². The van der Waals surface area contributed by atoms with Gasteiger partial charge in [-0.3, -0.25) is 4.79 Å². The average molecular weight is 202 g/mol. The number of nitrogens with two attached hydrogens (primary N) is 1. The normalized spacial score (nSPS) is 11.7. The summed E-state index contributed by atoms with van der Waals surface area (Å²) in [5, 5.41) is 5.19. The lowest BCUT2D eigenvalue weighted by molar-refractivity contribution is -0.121. The van der Waals surface area contributed by atoms with E-state index >= 15 is 0 Å². The third-order valence-corrected chi connectivity index (χ3v) is 1.52. The molecule has 6 heteroatoms. The molecule has 0 aromatic rings. The minimum absolute atomic E-state index is 0.181. The van der Waals surface area contributed by atoms with Gasteiger partial charge in [0.05, 0.1) is 6.04 Å². The second-order valence-electron chi connectivity index (χ2n) is 3.21. The van der Waals surface area contributed by atoms with E-state index in [2.05, 4.69) is 10.6 Å². The molecule has 6 nitrogen and oxygen atoms in total. The van der Waals surface area contributed by atoms with Crippen molar-refractivity contribution in [2.24, 2.45) is 5.73 Å². The fourth-order valence-corrected chi connectivity index (χ4v) is 0.674. The van der Waals surface area contributed by atoms with Crippen molar-refractivity contribution < 1.29 is 9.59 Å².